The van der Waals surface area contributed by atoms with Gasteiger partial charge < -0.3 is 10.1 Å². The first-order valence-corrected chi connectivity index (χ1v) is 8.16. The third-order valence-corrected chi connectivity index (χ3v) is 3.97. The number of hydrogen-bond acceptors (Lipinski definition) is 6. The first kappa shape index (κ1) is 16.6. The Kier molecular flexibility index (Phi) is 4.94. The first-order chi connectivity index (χ1) is 11.5. The van der Waals surface area contributed by atoms with E-state index in [-0.39, 0.29) is 5.56 Å². The summed E-state index contributed by atoms with van der Waals surface area (Å²) < 4.78 is 13.2. The average molecular weight is 382 g/mol. The average Bonchev–Trinajstić information content (AvgIpc) is 3.01. The molecule has 0 aliphatic rings. The van der Waals surface area contributed by atoms with Gasteiger partial charge in [-0.1, -0.05) is 29.3 Å². The fraction of sp³-hybridized carbons (Fsp3) is 0.0667. The van der Waals surface area contributed by atoms with Gasteiger partial charge in [-0.15, -0.1) is 0 Å². The molecule has 0 unspecified atom stereocenters. The van der Waals surface area contributed by atoms with Crippen LogP contribution in [0, 0.1) is 0 Å². The van der Waals surface area contributed by atoms with Crippen LogP contribution in [0.3, 0.4) is 0 Å². The van der Waals surface area contributed by atoms with E-state index >= 15 is 0 Å². The molecule has 6 nitrogen and oxygen atoms in total. The Morgan fingerprint density at radius 2 is 1.88 bits per heavy atom. The molecule has 1 N–H and O–H groups in total. The fourth-order valence-corrected chi connectivity index (χ4v) is 3.06. The number of nitrogens with one attached hydrogen (secondary N) is 1. The minimum absolute atomic E-state index is 0.172. The number of halogens is 2. The number of hydrogen-bond donors (Lipinski definition) is 1. The minimum atomic E-state index is -0.692. The van der Waals surface area contributed by atoms with E-state index in [2.05, 4.69) is 14.1 Å². The van der Waals surface area contributed by atoms with Gasteiger partial charge >= 0.3 is 5.97 Å². The highest BCUT2D eigenvalue weighted by molar-refractivity contribution is 7.00. The molecular weight excluding hydrogens is 373 g/mol. The Labute approximate surface area is 150 Å². The van der Waals surface area contributed by atoms with Gasteiger partial charge in [0.25, 0.3) is 5.91 Å². The zero-order valence-electron chi connectivity index (χ0n) is 12.0. The number of amides is 1. The molecule has 0 atom stereocenters. The number of anilines is 1. The van der Waals surface area contributed by atoms with Gasteiger partial charge in [0.15, 0.2) is 6.61 Å². The first-order valence-electron chi connectivity index (χ1n) is 6.67. The predicted octanol–water partition coefficient (Wildman–Crippen LogP) is 3.79. The molecule has 0 saturated heterocycles. The minimum Gasteiger partial charge on any atom is -0.452 e. The number of aromatic nitrogens is 2. The molecule has 0 bridgehead atoms. The summed E-state index contributed by atoms with van der Waals surface area (Å²) in [6.45, 7) is -0.448. The van der Waals surface area contributed by atoms with Crippen LogP contribution in [0.5, 0.6) is 0 Å². The summed E-state index contributed by atoms with van der Waals surface area (Å²) in [5.41, 5.74) is 1.95. The summed E-state index contributed by atoms with van der Waals surface area (Å²) >= 11 is 12.7. The molecule has 1 aromatic heterocycles. The Morgan fingerprint density at radius 1 is 1.12 bits per heavy atom. The molecule has 2 aromatic carbocycles. The maximum absolute atomic E-state index is 12.0. The number of benzene rings is 2. The quantitative estimate of drug-likeness (QED) is 0.695. The molecule has 0 fully saturated rings. The summed E-state index contributed by atoms with van der Waals surface area (Å²) in [5, 5.41) is 3.25. The van der Waals surface area contributed by atoms with Crippen molar-refractivity contribution in [2.24, 2.45) is 0 Å². The van der Waals surface area contributed by atoms with Gasteiger partial charge in [0, 0.05) is 10.0 Å². The van der Waals surface area contributed by atoms with Gasteiger partial charge in [0.05, 0.1) is 23.0 Å². The molecule has 9 heteroatoms. The van der Waals surface area contributed by atoms with Crippen LogP contribution in [0.25, 0.3) is 11.0 Å². The smallest absolute Gasteiger partial charge is 0.338 e. The van der Waals surface area contributed by atoms with Crippen LogP contribution in [0.4, 0.5) is 5.69 Å². The molecule has 0 aliphatic heterocycles. The third kappa shape index (κ3) is 3.81. The van der Waals surface area contributed by atoms with Crippen molar-refractivity contribution in [3.63, 3.8) is 0 Å². The van der Waals surface area contributed by atoms with Crippen molar-refractivity contribution >= 4 is 63.5 Å². The van der Waals surface area contributed by atoms with Crippen LogP contribution in [-0.2, 0) is 9.53 Å². The third-order valence-electron chi connectivity index (χ3n) is 2.99. The Hall–Kier alpha value is -2.22. The van der Waals surface area contributed by atoms with Gasteiger partial charge in [-0.05, 0) is 30.3 Å². The van der Waals surface area contributed by atoms with E-state index in [1.54, 1.807) is 18.2 Å². The maximum atomic E-state index is 12.0. The molecule has 0 spiro atoms. The van der Waals surface area contributed by atoms with E-state index in [0.29, 0.717) is 26.8 Å². The molecule has 0 saturated carbocycles. The molecule has 1 amide bonds. The number of carbonyl (C=O) groups is 2. The molecule has 3 rings (SSSR count). The Morgan fingerprint density at radius 3 is 2.62 bits per heavy atom. The highest BCUT2D eigenvalue weighted by atomic mass is 35.5. The lowest BCUT2D eigenvalue weighted by atomic mass is 10.2. The van der Waals surface area contributed by atoms with E-state index in [1.165, 1.54) is 18.2 Å². The van der Waals surface area contributed by atoms with E-state index < -0.39 is 18.5 Å². The standard InChI is InChI=1S/C15H9Cl2N3O3S/c16-9-4-8(5-10(17)6-9)15(22)23-7-13(21)18-11-2-1-3-12-14(11)20-24-19-12/h1-6H,7H2,(H,18,21). The van der Waals surface area contributed by atoms with Crippen molar-refractivity contribution in [2.45, 2.75) is 0 Å². The topological polar surface area (TPSA) is 81.2 Å². The van der Waals surface area contributed by atoms with Crippen molar-refractivity contribution in [2.75, 3.05) is 11.9 Å². The molecule has 122 valence electrons. The molecule has 1 heterocycles. The zero-order valence-corrected chi connectivity index (χ0v) is 14.3. The van der Waals surface area contributed by atoms with Crippen LogP contribution < -0.4 is 5.32 Å². The van der Waals surface area contributed by atoms with Gasteiger partial charge in [0.1, 0.15) is 11.0 Å². The van der Waals surface area contributed by atoms with E-state index in [4.69, 9.17) is 27.9 Å². The molecule has 3 aromatic rings. The summed E-state index contributed by atoms with van der Waals surface area (Å²) in [6.07, 6.45) is 0. The van der Waals surface area contributed by atoms with Gasteiger partial charge in [-0.25, -0.2) is 4.79 Å². The van der Waals surface area contributed by atoms with Crippen molar-refractivity contribution in [1.82, 2.24) is 8.75 Å². The number of rotatable bonds is 4. The summed E-state index contributed by atoms with van der Waals surface area (Å²) in [7, 11) is 0. The Bertz CT molecular complexity index is 909. The molecule has 0 aliphatic carbocycles. The van der Waals surface area contributed by atoms with Gasteiger partial charge in [0.2, 0.25) is 0 Å². The highest BCUT2D eigenvalue weighted by Gasteiger charge is 2.13. The largest absolute Gasteiger partial charge is 0.452 e. The number of carbonyl (C=O) groups excluding carboxylic acids is 2. The number of nitrogens with zero attached hydrogens (tertiary/aromatic N) is 2. The maximum Gasteiger partial charge on any atom is 0.338 e. The second kappa shape index (κ2) is 7.12. The zero-order chi connectivity index (χ0) is 17.1. The number of esters is 1. The second-order valence-electron chi connectivity index (χ2n) is 4.72. The normalized spacial score (nSPS) is 10.6. The van der Waals surface area contributed by atoms with Crippen molar-refractivity contribution in [3.05, 3.63) is 52.0 Å². The van der Waals surface area contributed by atoms with E-state index in [0.717, 1.165) is 11.7 Å². The molecule has 0 radical (unpaired) electrons. The SMILES string of the molecule is O=C(COC(=O)c1cc(Cl)cc(Cl)c1)Nc1cccc2nsnc12. The van der Waals surface area contributed by atoms with Crippen molar-refractivity contribution < 1.29 is 14.3 Å². The summed E-state index contributed by atoms with van der Waals surface area (Å²) in [5.74, 6) is -1.18. The van der Waals surface area contributed by atoms with Gasteiger partial charge in [-0.2, -0.15) is 8.75 Å². The van der Waals surface area contributed by atoms with E-state index in [9.17, 15) is 9.59 Å². The van der Waals surface area contributed by atoms with Crippen LogP contribution in [0.1, 0.15) is 10.4 Å². The Balaban J connectivity index is 1.63. The van der Waals surface area contributed by atoms with Crippen LogP contribution in [-0.4, -0.2) is 27.2 Å². The van der Waals surface area contributed by atoms with Crippen LogP contribution in [0.15, 0.2) is 36.4 Å². The van der Waals surface area contributed by atoms with Crippen LogP contribution in [0.2, 0.25) is 10.0 Å². The predicted molar refractivity (Wildman–Crippen MR) is 92.8 cm³/mol. The molecule has 24 heavy (non-hydrogen) atoms. The number of ether oxygens (including phenoxy) is 1. The lowest BCUT2D eigenvalue weighted by molar-refractivity contribution is -0.119. The lowest BCUT2D eigenvalue weighted by Crippen LogP contribution is -2.21. The molecular formula is C15H9Cl2N3O3S. The van der Waals surface area contributed by atoms with Crippen molar-refractivity contribution in [1.29, 1.82) is 0 Å². The summed E-state index contributed by atoms with van der Waals surface area (Å²) in [6, 6.07) is 9.55. The van der Waals surface area contributed by atoms with E-state index in [1.807, 2.05) is 0 Å². The monoisotopic (exact) mass is 381 g/mol. The van der Waals surface area contributed by atoms with Gasteiger partial charge in [-0.3, -0.25) is 4.79 Å². The number of fused-ring (bicyclic) bond motifs is 1. The second-order valence-corrected chi connectivity index (χ2v) is 6.12. The highest BCUT2D eigenvalue weighted by Crippen LogP contribution is 2.21. The van der Waals surface area contributed by atoms with Crippen LogP contribution >= 0.6 is 34.9 Å². The summed E-state index contributed by atoms with van der Waals surface area (Å²) in [4.78, 5) is 23.9. The van der Waals surface area contributed by atoms with Crippen molar-refractivity contribution in [3.8, 4) is 0 Å². The fourth-order valence-electron chi connectivity index (χ4n) is 1.98. The lowest BCUT2D eigenvalue weighted by Gasteiger charge is -2.07.